The smallest absolute Gasteiger partial charge is 0.0432 e. The number of anilines is 1. The lowest BCUT2D eigenvalue weighted by Crippen LogP contribution is -2.30. The Kier molecular flexibility index (Phi) is 4.03. The molecule has 2 rings (SSSR count). The summed E-state index contributed by atoms with van der Waals surface area (Å²) in [5.41, 5.74) is 3.65. The summed E-state index contributed by atoms with van der Waals surface area (Å²) in [6.45, 7) is 9.32. The SMILES string of the molecule is [CH2]c1ccc(N(Cc2ccccc2)C(C)C)cc1. The van der Waals surface area contributed by atoms with Crippen molar-refractivity contribution in [3.8, 4) is 0 Å². The van der Waals surface area contributed by atoms with Gasteiger partial charge in [0, 0.05) is 18.3 Å². The highest BCUT2D eigenvalue weighted by atomic mass is 15.1. The quantitative estimate of drug-likeness (QED) is 0.768. The van der Waals surface area contributed by atoms with E-state index in [0.29, 0.717) is 6.04 Å². The van der Waals surface area contributed by atoms with Crippen LogP contribution >= 0.6 is 0 Å². The van der Waals surface area contributed by atoms with Crippen LogP contribution in [0.2, 0.25) is 0 Å². The molecule has 1 heteroatoms. The zero-order chi connectivity index (χ0) is 13.0. The summed E-state index contributed by atoms with van der Waals surface area (Å²) in [7, 11) is 0. The molecule has 0 amide bonds. The average molecular weight is 238 g/mol. The molecule has 93 valence electrons. The maximum absolute atomic E-state index is 3.93. The van der Waals surface area contributed by atoms with Crippen molar-refractivity contribution < 1.29 is 0 Å². The van der Waals surface area contributed by atoms with Crippen molar-refractivity contribution in [1.82, 2.24) is 0 Å². The Morgan fingerprint density at radius 1 is 0.944 bits per heavy atom. The highest BCUT2D eigenvalue weighted by Crippen LogP contribution is 2.20. The van der Waals surface area contributed by atoms with Crippen molar-refractivity contribution in [3.63, 3.8) is 0 Å². The number of nitrogens with zero attached hydrogens (tertiary/aromatic N) is 1. The number of benzene rings is 2. The molecule has 0 aliphatic heterocycles. The first-order chi connectivity index (χ1) is 8.66. The van der Waals surface area contributed by atoms with Crippen molar-refractivity contribution in [2.75, 3.05) is 4.90 Å². The van der Waals surface area contributed by atoms with Gasteiger partial charge in [-0.15, -0.1) is 0 Å². The van der Waals surface area contributed by atoms with E-state index in [9.17, 15) is 0 Å². The van der Waals surface area contributed by atoms with Gasteiger partial charge in [-0.3, -0.25) is 0 Å². The molecule has 0 saturated carbocycles. The molecule has 0 aliphatic carbocycles. The summed E-state index contributed by atoms with van der Waals surface area (Å²) in [6.07, 6.45) is 0. The molecule has 1 radical (unpaired) electrons. The van der Waals surface area contributed by atoms with Crippen LogP contribution in [0.4, 0.5) is 5.69 Å². The molecule has 0 bridgehead atoms. The van der Waals surface area contributed by atoms with Crippen LogP contribution in [-0.4, -0.2) is 6.04 Å². The lowest BCUT2D eigenvalue weighted by atomic mass is 10.1. The fourth-order valence-corrected chi connectivity index (χ4v) is 2.04. The minimum atomic E-state index is 0.473. The van der Waals surface area contributed by atoms with Gasteiger partial charge in [0.05, 0.1) is 0 Å². The molecule has 1 nitrogen and oxygen atoms in total. The molecule has 2 aromatic rings. The normalized spacial score (nSPS) is 10.7. The summed E-state index contributed by atoms with van der Waals surface area (Å²) < 4.78 is 0. The van der Waals surface area contributed by atoms with Crippen LogP contribution in [0, 0.1) is 6.92 Å². The van der Waals surface area contributed by atoms with Crippen LogP contribution < -0.4 is 4.90 Å². The van der Waals surface area contributed by atoms with Crippen LogP contribution in [0.3, 0.4) is 0 Å². The molecule has 0 aliphatic rings. The predicted octanol–water partition coefficient (Wildman–Crippen LogP) is 4.28. The molecule has 0 atom stereocenters. The van der Waals surface area contributed by atoms with Crippen LogP contribution in [-0.2, 0) is 6.54 Å². The van der Waals surface area contributed by atoms with E-state index >= 15 is 0 Å². The third-order valence-electron chi connectivity index (χ3n) is 3.09. The molecule has 0 aromatic heterocycles. The maximum Gasteiger partial charge on any atom is 0.0432 e. The van der Waals surface area contributed by atoms with Gasteiger partial charge in [0.1, 0.15) is 0 Å². The van der Waals surface area contributed by atoms with E-state index in [1.54, 1.807) is 0 Å². The first kappa shape index (κ1) is 12.7. The van der Waals surface area contributed by atoms with Crippen molar-refractivity contribution >= 4 is 5.69 Å². The first-order valence-corrected chi connectivity index (χ1v) is 6.39. The van der Waals surface area contributed by atoms with Gasteiger partial charge in [0.15, 0.2) is 0 Å². The maximum atomic E-state index is 3.93. The zero-order valence-corrected chi connectivity index (χ0v) is 11.1. The van der Waals surface area contributed by atoms with Crippen LogP contribution in [0.1, 0.15) is 25.0 Å². The molecule has 0 spiro atoms. The first-order valence-electron chi connectivity index (χ1n) is 6.39. The van der Waals surface area contributed by atoms with Crippen LogP contribution in [0.5, 0.6) is 0 Å². The van der Waals surface area contributed by atoms with Crippen molar-refractivity contribution in [2.24, 2.45) is 0 Å². The molecular weight excluding hydrogens is 218 g/mol. The second-order valence-corrected chi connectivity index (χ2v) is 4.87. The average Bonchev–Trinajstić information content (AvgIpc) is 2.38. The second kappa shape index (κ2) is 5.72. The van der Waals surface area contributed by atoms with Crippen LogP contribution in [0.15, 0.2) is 54.6 Å². The van der Waals surface area contributed by atoms with E-state index in [4.69, 9.17) is 0 Å². The number of rotatable bonds is 4. The third kappa shape index (κ3) is 3.13. The number of hydrogen-bond donors (Lipinski definition) is 0. The Morgan fingerprint density at radius 2 is 1.56 bits per heavy atom. The molecule has 0 unspecified atom stereocenters. The van der Waals surface area contributed by atoms with Gasteiger partial charge in [-0.1, -0.05) is 42.5 Å². The summed E-state index contributed by atoms with van der Waals surface area (Å²) in [6, 6.07) is 19.5. The minimum Gasteiger partial charge on any atom is -0.365 e. The summed E-state index contributed by atoms with van der Waals surface area (Å²) in [5, 5.41) is 0. The molecular formula is C17H20N. The Bertz CT molecular complexity index is 471. The molecule has 0 saturated heterocycles. The van der Waals surface area contributed by atoms with Gasteiger partial charge in [0.25, 0.3) is 0 Å². The summed E-state index contributed by atoms with van der Waals surface area (Å²) in [4.78, 5) is 2.40. The van der Waals surface area contributed by atoms with Crippen molar-refractivity contribution in [1.29, 1.82) is 0 Å². The van der Waals surface area contributed by atoms with Gasteiger partial charge < -0.3 is 4.90 Å². The molecule has 18 heavy (non-hydrogen) atoms. The fraction of sp³-hybridized carbons (Fsp3) is 0.235. The third-order valence-corrected chi connectivity index (χ3v) is 3.09. The second-order valence-electron chi connectivity index (χ2n) is 4.87. The highest BCUT2D eigenvalue weighted by Gasteiger charge is 2.10. The lowest BCUT2D eigenvalue weighted by Gasteiger charge is -2.29. The molecule has 0 heterocycles. The molecule has 0 N–H and O–H groups in total. The van der Waals surface area contributed by atoms with E-state index in [0.717, 1.165) is 12.1 Å². The fourth-order valence-electron chi connectivity index (χ4n) is 2.04. The van der Waals surface area contributed by atoms with Gasteiger partial charge in [-0.05, 0) is 44.0 Å². The van der Waals surface area contributed by atoms with E-state index in [1.807, 2.05) is 0 Å². The van der Waals surface area contributed by atoms with E-state index in [2.05, 4.69) is 80.3 Å². The van der Waals surface area contributed by atoms with E-state index in [-0.39, 0.29) is 0 Å². The molecule has 2 aromatic carbocycles. The van der Waals surface area contributed by atoms with Gasteiger partial charge in [-0.25, -0.2) is 0 Å². The van der Waals surface area contributed by atoms with Gasteiger partial charge >= 0.3 is 0 Å². The predicted molar refractivity (Wildman–Crippen MR) is 78.7 cm³/mol. The lowest BCUT2D eigenvalue weighted by molar-refractivity contribution is 0.682. The monoisotopic (exact) mass is 238 g/mol. The Balaban J connectivity index is 2.21. The summed E-state index contributed by atoms with van der Waals surface area (Å²) >= 11 is 0. The Hall–Kier alpha value is -1.76. The summed E-state index contributed by atoms with van der Waals surface area (Å²) in [5.74, 6) is 0. The topological polar surface area (TPSA) is 3.24 Å². The van der Waals surface area contributed by atoms with Crippen molar-refractivity contribution in [3.05, 3.63) is 72.6 Å². The zero-order valence-electron chi connectivity index (χ0n) is 11.1. The van der Waals surface area contributed by atoms with Gasteiger partial charge in [0.2, 0.25) is 0 Å². The number of hydrogen-bond acceptors (Lipinski definition) is 1. The standard InChI is InChI=1S/C17H20N/c1-14(2)18(13-16-7-5-4-6-8-16)17-11-9-15(3)10-12-17/h4-12,14H,3,13H2,1-2H3. The van der Waals surface area contributed by atoms with E-state index < -0.39 is 0 Å². The minimum absolute atomic E-state index is 0.473. The Labute approximate surface area is 110 Å². The van der Waals surface area contributed by atoms with E-state index in [1.165, 1.54) is 11.3 Å². The molecule has 0 fully saturated rings. The van der Waals surface area contributed by atoms with Crippen LogP contribution in [0.25, 0.3) is 0 Å². The van der Waals surface area contributed by atoms with Crippen molar-refractivity contribution in [2.45, 2.75) is 26.4 Å². The largest absolute Gasteiger partial charge is 0.365 e. The van der Waals surface area contributed by atoms with Gasteiger partial charge in [-0.2, -0.15) is 0 Å². The highest BCUT2D eigenvalue weighted by molar-refractivity contribution is 5.49. The Morgan fingerprint density at radius 3 is 2.11 bits per heavy atom.